The van der Waals surface area contributed by atoms with Crippen molar-refractivity contribution in [3.63, 3.8) is 0 Å². The molecular formula is C20H24O6. The van der Waals surface area contributed by atoms with E-state index in [9.17, 15) is 19.8 Å². The average molecular weight is 360 g/mol. The second-order valence-electron chi connectivity index (χ2n) is 7.17. The van der Waals surface area contributed by atoms with Gasteiger partial charge in [0.15, 0.2) is 23.4 Å². The van der Waals surface area contributed by atoms with E-state index >= 15 is 0 Å². The number of hydrogen-bond donors (Lipinski definition) is 2. The Hall–Kier alpha value is -2.76. The minimum atomic E-state index is -0.858. The number of carbonyl (C=O) groups is 2. The van der Waals surface area contributed by atoms with Crippen LogP contribution < -0.4 is 4.74 Å². The minimum absolute atomic E-state index is 0.00288. The summed E-state index contributed by atoms with van der Waals surface area (Å²) in [7, 11) is 1.43. The number of ketones is 1. The predicted molar refractivity (Wildman–Crippen MR) is 96.9 cm³/mol. The third kappa shape index (κ3) is 4.65. The highest BCUT2D eigenvalue weighted by Gasteiger charge is 2.35. The molecule has 2 N–H and O–H groups in total. The molecule has 0 spiro atoms. The number of aliphatic hydroxyl groups is 1. The van der Waals surface area contributed by atoms with E-state index in [1.165, 1.54) is 25.3 Å². The number of methoxy groups -OCH3 is 1. The van der Waals surface area contributed by atoms with Crippen LogP contribution in [0.25, 0.3) is 6.08 Å². The van der Waals surface area contributed by atoms with Crippen molar-refractivity contribution < 1.29 is 29.3 Å². The van der Waals surface area contributed by atoms with Crippen LogP contribution in [-0.2, 0) is 14.3 Å². The molecule has 0 fully saturated rings. The molecule has 1 atom stereocenters. The lowest BCUT2D eigenvalue weighted by Crippen LogP contribution is -2.25. The van der Waals surface area contributed by atoms with Crippen molar-refractivity contribution in [1.82, 2.24) is 0 Å². The van der Waals surface area contributed by atoms with Crippen LogP contribution in [0.1, 0.15) is 39.2 Å². The maximum Gasteiger partial charge on any atom is 0.331 e. The molecule has 0 bridgehead atoms. The standard InChI is InChI=1S/C20H24O6/c1-12-15(22)10-20(2,3)11-17(19(12)24)26-18(23)8-6-13-5-7-14(21)16(9-13)25-4/h5-9,17,21,24H,10-11H2,1-4H3. The number of aliphatic hydroxyl groups excluding tert-OH is 1. The van der Waals surface area contributed by atoms with E-state index in [1.807, 2.05) is 13.8 Å². The largest absolute Gasteiger partial charge is 0.508 e. The van der Waals surface area contributed by atoms with Gasteiger partial charge in [0.1, 0.15) is 5.76 Å². The van der Waals surface area contributed by atoms with Crippen LogP contribution in [0.15, 0.2) is 35.6 Å². The van der Waals surface area contributed by atoms with Crippen LogP contribution in [-0.4, -0.2) is 35.2 Å². The van der Waals surface area contributed by atoms with Gasteiger partial charge < -0.3 is 19.7 Å². The zero-order chi connectivity index (χ0) is 19.5. The molecule has 1 aliphatic rings. The number of carbonyl (C=O) groups excluding carboxylic acids is 2. The van der Waals surface area contributed by atoms with E-state index in [1.54, 1.807) is 19.1 Å². The fraction of sp³-hybridized carbons (Fsp3) is 0.400. The van der Waals surface area contributed by atoms with Gasteiger partial charge in [-0.15, -0.1) is 0 Å². The van der Waals surface area contributed by atoms with Crippen LogP contribution in [0.2, 0.25) is 0 Å². The van der Waals surface area contributed by atoms with Crippen LogP contribution in [0, 0.1) is 5.41 Å². The first-order valence-electron chi connectivity index (χ1n) is 8.31. The van der Waals surface area contributed by atoms with Crippen molar-refractivity contribution in [2.45, 2.75) is 39.7 Å². The number of hydrogen-bond acceptors (Lipinski definition) is 6. The lowest BCUT2D eigenvalue weighted by Gasteiger charge is -2.25. The quantitative estimate of drug-likeness (QED) is 0.630. The van der Waals surface area contributed by atoms with Gasteiger partial charge in [-0.25, -0.2) is 4.79 Å². The number of esters is 1. The van der Waals surface area contributed by atoms with E-state index in [0.717, 1.165) is 0 Å². The van der Waals surface area contributed by atoms with Gasteiger partial charge in [-0.05, 0) is 42.5 Å². The predicted octanol–water partition coefficient (Wildman–Crippen LogP) is 3.55. The first-order chi connectivity index (χ1) is 12.1. The van der Waals surface area contributed by atoms with E-state index in [2.05, 4.69) is 0 Å². The molecular weight excluding hydrogens is 336 g/mol. The number of benzene rings is 1. The molecule has 26 heavy (non-hydrogen) atoms. The summed E-state index contributed by atoms with van der Waals surface area (Å²) in [6.07, 6.45) is 2.54. The van der Waals surface area contributed by atoms with Crippen LogP contribution in [0.5, 0.6) is 11.5 Å². The molecule has 0 amide bonds. The summed E-state index contributed by atoms with van der Waals surface area (Å²) in [5.41, 5.74) is 0.492. The SMILES string of the molecule is COc1cc(C=CC(=O)OC2CC(C)(C)CC(=O)C(C)=C2O)ccc1O. The molecule has 2 rings (SSSR count). The number of aromatic hydroxyl groups is 1. The molecule has 1 aliphatic carbocycles. The second kappa shape index (κ2) is 7.64. The molecule has 0 saturated carbocycles. The van der Waals surface area contributed by atoms with E-state index in [0.29, 0.717) is 24.2 Å². The first-order valence-corrected chi connectivity index (χ1v) is 8.31. The van der Waals surface area contributed by atoms with Gasteiger partial charge in [0.2, 0.25) is 0 Å². The molecule has 0 aromatic heterocycles. The second-order valence-corrected chi connectivity index (χ2v) is 7.17. The smallest absolute Gasteiger partial charge is 0.331 e. The molecule has 0 aliphatic heterocycles. The Bertz CT molecular complexity index is 773. The molecule has 1 aromatic carbocycles. The normalized spacial score (nSPS) is 20.2. The number of phenols is 1. The summed E-state index contributed by atoms with van der Waals surface area (Å²) in [5, 5.41) is 19.8. The molecule has 0 heterocycles. The van der Waals surface area contributed by atoms with Crippen molar-refractivity contribution in [1.29, 1.82) is 0 Å². The topological polar surface area (TPSA) is 93.1 Å². The Kier molecular flexibility index (Phi) is 5.75. The first kappa shape index (κ1) is 19.6. The van der Waals surface area contributed by atoms with Gasteiger partial charge in [0.25, 0.3) is 0 Å². The molecule has 6 heteroatoms. The zero-order valence-corrected chi connectivity index (χ0v) is 15.4. The van der Waals surface area contributed by atoms with Crippen molar-refractivity contribution in [3.05, 3.63) is 41.2 Å². The number of ether oxygens (including phenoxy) is 2. The molecule has 0 radical (unpaired) electrons. The Morgan fingerprint density at radius 3 is 2.65 bits per heavy atom. The Morgan fingerprint density at radius 1 is 1.31 bits per heavy atom. The number of phenolic OH excluding ortho intramolecular Hbond substituents is 1. The highest BCUT2D eigenvalue weighted by atomic mass is 16.6. The van der Waals surface area contributed by atoms with Crippen LogP contribution in [0.4, 0.5) is 0 Å². The van der Waals surface area contributed by atoms with Crippen molar-refractivity contribution in [3.8, 4) is 11.5 Å². The van der Waals surface area contributed by atoms with E-state index in [4.69, 9.17) is 9.47 Å². The lowest BCUT2D eigenvalue weighted by atomic mass is 9.83. The Morgan fingerprint density at radius 2 is 2.00 bits per heavy atom. The van der Waals surface area contributed by atoms with Gasteiger partial charge in [0, 0.05) is 18.1 Å². The van der Waals surface area contributed by atoms with Crippen LogP contribution in [0.3, 0.4) is 0 Å². The summed E-state index contributed by atoms with van der Waals surface area (Å²) in [6, 6.07) is 4.66. The lowest BCUT2D eigenvalue weighted by molar-refractivity contribution is -0.143. The molecule has 6 nitrogen and oxygen atoms in total. The number of rotatable bonds is 4. The summed E-state index contributed by atoms with van der Waals surface area (Å²) >= 11 is 0. The van der Waals surface area contributed by atoms with Crippen molar-refractivity contribution in [2.24, 2.45) is 5.41 Å². The van der Waals surface area contributed by atoms with Crippen LogP contribution >= 0.6 is 0 Å². The highest BCUT2D eigenvalue weighted by Crippen LogP contribution is 2.35. The van der Waals surface area contributed by atoms with Gasteiger partial charge in [-0.3, -0.25) is 4.79 Å². The average Bonchev–Trinajstić information content (AvgIpc) is 2.64. The number of Topliss-reactive ketones (excluding diaryl/α,β-unsaturated/α-hetero) is 1. The Balaban J connectivity index is 2.14. The summed E-state index contributed by atoms with van der Waals surface area (Å²) < 4.78 is 10.4. The van der Waals surface area contributed by atoms with Gasteiger partial charge >= 0.3 is 5.97 Å². The molecule has 0 saturated heterocycles. The van der Waals surface area contributed by atoms with E-state index in [-0.39, 0.29) is 28.3 Å². The number of allylic oxidation sites excluding steroid dienone is 1. The van der Waals surface area contributed by atoms with Gasteiger partial charge in [-0.1, -0.05) is 19.9 Å². The summed E-state index contributed by atoms with van der Waals surface area (Å²) in [6.45, 7) is 5.34. The monoisotopic (exact) mass is 360 g/mol. The summed E-state index contributed by atoms with van der Waals surface area (Å²) in [5.74, 6) is -0.665. The van der Waals surface area contributed by atoms with E-state index < -0.39 is 12.1 Å². The fourth-order valence-electron chi connectivity index (χ4n) is 2.86. The zero-order valence-electron chi connectivity index (χ0n) is 15.4. The minimum Gasteiger partial charge on any atom is -0.508 e. The third-order valence-corrected chi connectivity index (χ3v) is 4.36. The molecule has 1 unspecified atom stereocenters. The maximum absolute atomic E-state index is 12.2. The van der Waals surface area contributed by atoms with Gasteiger partial charge in [-0.2, -0.15) is 0 Å². The fourth-order valence-corrected chi connectivity index (χ4v) is 2.86. The van der Waals surface area contributed by atoms with Crippen molar-refractivity contribution in [2.75, 3.05) is 7.11 Å². The maximum atomic E-state index is 12.2. The highest BCUT2D eigenvalue weighted by molar-refractivity contribution is 5.96. The van der Waals surface area contributed by atoms with Gasteiger partial charge in [0.05, 0.1) is 7.11 Å². The molecule has 1 aromatic rings. The third-order valence-electron chi connectivity index (χ3n) is 4.36. The molecule has 140 valence electrons. The Labute approximate surface area is 152 Å². The summed E-state index contributed by atoms with van der Waals surface area (Å²) in [4.78, 5) is 24.2. The van der Waals surface area contributed by atoms with Crippen molar-refractivity contribution >= 4 is 17.8 Å².